The summed E-state index contributed by atoms with van der Waals surface area (Å²) in [5.41, 5.74) is -1.61. The Kier molecular flexibility index (Phi) is 5.85. The first-order valence-corrected chi connectivity index (χ1v) is 8.62. The van der Waals surface area contributed by atoms with Gasteiger partial charge in [-0.2, -0.15) is 0 Å². The standard InChI is InChI=1S/C16H12F5NO4S/c1-22(2)27(24,25)9-5-3-4-8(6-9)16(23)26-7-10-11(17)13(19)15(21)14(20)12(10)18/h3-6H,7H2,1-2H3. The SMILES string of the molecule is CN(C)S(=O)(=O)c1cccc(C(=O)OCc2c(F)c(F)c(F)c(F)c2F)c1. The van der Waals surface area contributed by atoms with Gasteiger partial charge in [0.05, 0.1) is 16.0 Å². The molecule has 0 aromatic heterocycles. The molecule has 0 unspecified atom stereocenters. The molecule has 0 amide bonds. The van der Waals surface area contributed by atoms with Crippen LogP contribution in [0.15, 0.2) is 29.2 Å². The van der Waals surface area contributed by atoms with Crippen LogP contribution < -0.4 is 0 Å². The van der Waals surface area contributed by atoms with Gasteiger partial charge in [-0.05, 0) is 18.2 Å². The maximum Gasteiger partial charge on any atom is 0.338 e. The minimum Gasteiger partial charge on any atom is -0.457 e. The Labute approximate surface area is 151 Å². The van der Waals surface area contributed by atoms with E-state index in [1.54, 1.807) is 0 Å². The molecule has 2 rings (SSSR count). The first-order valence-electron chi connectivity index (χ1n) is 7.18. The Bertz CT molecular complexity index is 979. The van der Waals surface area contributed by atoms with Crippen LogP contribution in [0.2, 0.25) is 0 Å². The van der Waals surface area contributed by atoms with Gasteiger partial charge in [0.15, 0.2) is 23.3 Å². The molecule has 11 heteroatoms. The highest BCUT2D eigenvalue weighted by Gasteiger charge is 2.26. The van der Waals surface area contributed by atoms with Crippen LogP contribution in [0.4, 0.5) is 22.0 Å². The lowest BCUT2D eigenvalue weighted by Crippen LogP contribution is -2.22. The van der Waals surface area contributed by atoms with Crippen molar-refractivity contribution in [3.63, 3.8) is 0 Å². The van der Waals surface area contributed by atoms with E-state index in [0.29, 0.717) is 0 Å². The Morgan fingerprint density at radius 1 is 0.963 bits per heavy atom. The van der Waals surface area contributed by atoms with Crippen molar-refractivity contribution in [1.82, 2.24) is 4.31 Å². The Balaban J connectivity index is 2.28. The zero-order valence-electron chi connectivity index (χ0n) is 13.9. The van der Waals surface area contributed by atoms with E-state index in [2.05, 4.69) is 4.74 Å². The lowest BCUT2D eigenvalue weighted by molar-refractivity contribution is 0.0462. The van der Waals surface area contributed by atoms with Crippen LogP contribution in [-0.2, 0) is 21.4 Å². The van der Waals surface area contributed by atoms with E-state index in [0.717, 1.165) is 16.4 Å². The van der Waals surface area contributed by atoms with Gasteiger partial charge in [-0.15, -0.1) is 0 Å². The van der Waals surface area contributed by atoms with Crippen LogP contribution in [0.3, 0.4) is 0 Å². The second kappa shape index (κ2) is 7.61. The smallest absolute Gasteiger partial charge is 0.338 e. The van der Waals surface area contributed by atoms with Crippen LogP contribution in [0.1, 0.15) is 15.9 Å². The lowest BCUT2D eigenvalue weighted by Gasteiger charge is -2.12. The molecular formula is C16H12F5NO4S. The highest BCUT2D eigenvalue weighted by molar-refractivity contribution is 7.89. The molecule has 0 aliphatic heterocycles. The Morgan fingerprint density at radius 2 is 1.48 bits per heavy atom. The van der Waals surface area contributed by atoms with Gasteiger partial charge in [0.1, 0.15) is 6.61 Å². The molecule has 0 fully saturated rings. The van der Waals surface area contributed by atoms with E-state index in [1.165, 1.54) is 26.2 Å². The Morgan fingerprint density at radius 3 is 2.00 bits per heavy atom. The van der Waals surface area contributed by atoms with E-state index in [9.17, 15) is 35.2 Å². The third kappa shape index (κ3) is 3.93. The number of hydrogen-bond acceptors (Lipinski definition) is 4. The fourth-order valence-corrected chi connectivity index (χ4v) is 2.94. The van der Waals surface area contributed by atoms with Crippen molar-refractivity contribution in [2.75, 3.05) is 14.1 Å². The summed E-state index contributed by atoms with van der Waals surface area (Å²) >= 11 is 0. The molecule has 0 saturated carbocycles. The predicted molar refractivity (Wildman–Crippen MR) is 82.7 cm³/mol. The molecule has 2 aromatic carbocycles. The molecular weight excluding hydrogens is 397 g/mol. The summed E-state index contributed by atoms with van der Waals surface area (Å²) in [5, 5.41) is 0. The normalized spacial score (nSPS) is 11.7. The summed E-state index contributed by atoms with van der Waals surface area (Å²) < 4.78 is 95.9. The van der Waals surface area contributed by atoms with Crippen LogP contribution >= 0.6 is 0 Å². The number of benzene rings is 2. The zero-order valence-corrected chi connectivity index (χ0v) is 14.7. The summed E-state index contributed by atoms with van der Waals surface area (Å²) in [6.45, 7) is -1.24. The molecule has 27 heavy (non-hydrogen) atoms. The molecule has 0 N–H and O–H groups in total. The number of sulfonamides is 1. The number of rotatable bonds is 5. The average Bonchev–Trinajstić information content (AvgIpc) is 2.64. The maximum atomic E-state index is 13.6. The van der Waals surface area contributed by atoms with E-state index in [4.69, 9.17) is 0 Å². The van der Waals surface area contributed by atoms with E-state index < -0.39 is 57.2 Å². The number of halogens is 5. The van der Waals surface area contributed by atoms with Crippen molar-refractivity contribution >= 4 is 16.0 Å². The molecule has 5 nitrogen and oxygen atoms in total. The summed E-state index contributed by atoms with van der Waals surface area (Å²) in [5.74, 6) is -12.1. The maximum absolute atomic E-state index is 13.6. The number of carbonyl (C=O) groups is 1. The molecule has 0 aliphatic rings. The minimum atomic E-state index is -3.86. The van der Waals surface area contributed by atoms with E-state index in [1.807, 2.05) is 0 Å². The van der Waals surface area contributed by atoms with Gasteiger partial charge < -0.3 is 4.74 Å². The first kappa shape index (κ1) is 20.8. The van der Waals surface area contributed by atoms with Crippen molar-refractivity contribution < 1.29 is 39.9 Å². The quantitative estimate of drug-likeness (QED) is 0.330. The van der Waals surface area contributed by atoms with Crippen LogP contribution in [0, 0.1) is 29.1 Å². The highest BCUT2D eigenvalue weighted by atomic mass is 32.2. The van der Waals surface area contributed by atoms with Crippen LogP contribution in [0.5, 0.6) is 0 Å². The molecule has 0 bridgehead atoms. The Hall–Kier alpha value is -2.53. The minimum absolute atomic E-state index is 0.252. The number of nitrogens with zero attached hydrogens (tertiary/aromatic N) is 1. The largest absolute Gasteiger partial charge is 0.457 e. The van der Waals surface area contributed by atoms with Gasteiger partial charge in [-0.3, -0.25) is 0 Å². The molecule has 2 aromatic rings. The van der Waals surface area contributed by atoms with Crippen LogP contribution in [-0.4, -0.2) is 32.8 Å². The molecule has 146 valence electrons. The monoisotopic (exact) mass is 409 g/mol. The molecule has 0 saturated heterocycles. The topological polar surface area (TPSA) is 63.7 Å². The highest BCUT2D eigenvalue weighted by Crippen LogP contribution is 2.24. The fourth-order valence-electron chi connectivity index (χ4n) is 1.99. The van der Waals surface area contributed by atoms with Crippen molar-refractivity contribution in [2.24, 2.45) is 0 Å². The zero-order chi connectivity index (χ0) is 20.5. The lowest BCUT2D eigenvalue weighted by atomic mass is 10.2. The molecule has 0 aliphatic carbocycles. The number of carbonyl (C=O) groups excluding carboxylic acids is 1. The molecule has 0 heterocycles. The van der Waals surface area contributed by atoms with Crippen LogP contribution in [0.25, 0.3) is 0 Å². The molecule has 0 spiro atoms. The average molecular weight is 409 g/mol. The molecule has 0 atom stereocenters. The van der Waals surface area contributed by atoms with Gasteiger partial charge in [-0.1, -0.05) is 6.07 Å². The van der Waals surface area contributed by atoms with Crippen molar-refractivity contribution in [2.45, 2.75) is 11.5 Å². The van der Waals surface area contributed by atoms with Crippen molar-refractivity contribution in [3.8, 4) is 0 Å². The van der Waals surface area contributed by atoms with E-state index >= 15 is 0 Å². The summed E-state index contributed by atoms with van der Waals surface area (Å²) in [6.07, 6.45) is 0. The van der Waals surface area contributed by atoms with Gasteiger partial charge in [0, 0.05) is 14.1 Å². The first-order chi connectivity index (χ1) is 12.5. The summed E-state index contributed by atoms with van der Waals surface area (Å²) in [4.78, 5) is 11.7. The third-order valence-electron chi connectivity index (χ3n) is 3.50. The van der Waals surface area contributed by atoms with Crippen molar-refractivity contribution in [3.05, 3.63) is 64.5 Å². The number of esters is 1. The van der Waals surface area contributed by atoms with Gasteiger partial charge in [-0.25, -0.2) is 39.5 Å². The van der Waals surface area contributed by atoms with Gasteiger partial charge >= 0.3 is 5.97 Å². The number of hydrogen-bond donors (Lipinski definition) is 0. The summed E-state index contributed by atoms with van der Waals surface area (Å²) in [6, 6.07) is 4.55. The second-order valence-corrected chi connectivity index (χ2v) is 7.59. The third-order valence-corrected chi connectivity index (χ3v) is 5.31. The van der Waals surface area contributed by atoms with Gasteiger partial charge in [0.25, 0.3) is 0 Å². The van der Waals surface area contributed by atoms with Gasteiger partial charge in [0.2, 0.25) is 15.8 Å². The predicted octanol–water partition coefficient (Wildman–Crippen LogP) is 2.99. The van der Waals surface area contributed by atoms with Crippen molar-refractivity contribution in [1.29, 1.82) is 0 Å². The van der Waals surface area contributed by atoms with E-state index in [-0.39, 0.29) is 10.5 Å². The molecule has 0 radical (unpaired) electrons. The fraction of sp³-hybridized carbons (Fsp3) is 0.188. The summed E-state index contributed by atoms with van der Waals surface area (Å²) in [7, 11) is -1.33. The number of ether oxygens (including phenoxy) is 1. The second-order valence-electron chi connectivity index (χ2n) is 5.44.